The third-order valence-corrected chi connectivity index (χ3v) is 3.68. The van der Waals surface area contributed by atoms with Gasteiger partial charge in [0.05, 0.1) is 6.61 Å². The lowest BCUT2D eigenvalue weighted by Gasteiger charge is -2.17. The molecule has 1 N–H and O–H groups in total. The first-order valence-electron chi connectivity index (χ1n) is 6.76. The Labute approximate surface area is 113 Å². The van der Waals surface area contributed by atoms with Crippen molar-refractivity contribution < 1.29 is 9.53 Å². The highest BCUT2D eigenvalue weighted by Gasteiger charge is 2.37. The molecule has 0 bridgehead atoms. The fourth-order valence-electron chi connectivity index (χ4n) is 2.82. The molecule has 2 heterocycles. The van der Waals surface area contributed by atoms with Crippen molar-refractivity contribution in [3.8, 4) is 0 Å². The molecule has 2 unspecified atom stereocenters. The summed E-state index contributed by atoms with van der Waals surface area (Å²) < 4.78 is 5.06. The number of ether oxygens (including phenoxy) is 1. The largest absolute Gasteiger partial charge is 0.465 e. The second-order valence-corrected chi connectivity index (χ2v) is 4.85. The number of hydrogen-bond acceptors (Lipinski definition) is 4. The third kappa shape index (κ3) is 2.24. The van der Waals surface area contributed by atoms with E-state index in [0.717, 1.165) is 13.0 Å². The Morgan fingerprint density at radius 3 is 2.95 bits per heavy atom. The first-order chi connectivity index (χ1) is 9.29. The van der Waals surface area contributed by atoms with Gasteiger partial charge >= 0.3 is 5.97 Å². The van der Waals surface area contributed by atoms with Crippen LogP contribution in [0, 0.1) is 0 Å². The van der Waals surface area contributed by atoms with E-state index in [1.54, 1.807) is 0 Å². The zero-order valence-electron chi connectivity index (χ0n) is 11.0. The minimum Gasteiger partial charge on any atom is -0.465 e. The van der Waals surface area contributed by atoms with E-state index in [2.05, 4.69) is 34.7 Å². The van der Waals surface area contributed by atoms with Crippen molar-refractivity contribution >= 4 is 5.97 Å². The number of benzene rings is 1. The van der Waals surface area contributed by atoms with Crippen LogP contribution >= 0.6 is 0 Å². The van der Waals surface area contributed by atoms with Crippen LogP contribution in [-0.4, -0.2) is 30.2 Å². The fraction of sp³-hybridized carbons (Fsp3) is 0.400. The summed E-state index contributed by atoms with van der Waals surface area (Å²) in [5, 5.41) is 2.08. The third-order valence-electron chi connectivity index (χ3n) is 3.68. The molecule has 1 fully saturated rings. The molecular formula is C15H18N2O2. The molecule has 1 aromatic carbocycles. The quantitative estimate of drug-likeness (QED) is 0.840. The molecule has 0 aromatic heterocycles. The number of allylic oxidation sites excluding steroid dienone is 1. The molecule has 1 saturated heterocycles. The van der Waals surface area contributed by atoms with Crippen molar-refractivity contribution in [2.24, 2.45) is 0 Å². The summed E-state index contributed by atoms with van der Waals surface area (Å²) in [6, 6.07) is 10.1. The minimum atomic E-state index is -0.332. The van der Waals surface area contributed by atoms with Crippen LogP contribution in [0.5, 0.6) is 0 Å². The highest BCUT2D eigenvalue weighted by molar-refractivity contribution is 5.79. The average molecular weight is 258 g/mol. The first-order valence-corrected chi connectivity index (χ1v) is 6.76. The van der Waals surface area contributed by atoms with Gasteiger partial charge in [0.1, 0.15) is 6.04 Å². The highest BCUT2D eigenvalue weighted by atomic mass is 16.5. The molecule has 4 heteroatoms. The molecule has 2 aliphatic rings. The molecule has 100 valence electrons. The van der Waals surface area contributed by atoms with Gasteiger partial charge in [-0.2, -0.15) is 0 Å². The van der Waals surface area contributed by atoms with Crippen molar-refractivity contribution in [3.63, 3.8) is 0 Å². The van der Waals surface area contributed by atoms with Crippen LogP contribution < -0.4 is 5.43 Å². The van der Waals surface area contributed by atoms with Crippen molar-refractivity contribution in [2.45, 2.75) is 25.3 Å². The van der Waals surface area contributed by atoms with Crippen LogP contribution in [0.2, 0.25) is 0 Å². The predicted molar refractivity (Wildman–Crippen MR) is 72.1 cm³/mol. The van der Waals surface area contributed by atoms with Crippen LogP contribution in [0.4, 0.5) is 0 Å². The number of esters is 1. The van der Waals surface area contributed by atoms with Crippen molar-refractivity contribution in [1.29, 1.82) is 0 Å². The number of fused-ring (bicyclic) bond motifs is 1. The van der Waals surface area contributed by atoms with E-state index in [1.165, 1.54) is 11.3 Å². The maximum Gasteiger partial charge on any atom is 0.329 e. The molecule has 0 saturated carbocycles. The van der Waals surface area contributed by atoms with E-state index < -0.39 is 0 Å². The van der Waals surface area contributed by atoms with E-state index >= 15 is 0 Å². The number of rotatable bonds is 3. The number of carbonyl (C=O) groups is 1. The Morgan fingerprint density at radius 2 is 2.21 bits per heavy atom. The van der Waals surface area contributed by atoms with Gasteiger partial charge in [-0.3, -0.25) is 0 Å². The van der Waals surface area contributed by atoms with E-state index in [1.807, 2.05) is 19.1 Å². The summed E-state index contributed by atoms with van der Waals surface area (Å²) in [4.78, 5) is 11.8. The number of hydrazine groups is 1. The Balaban J connectivity index is 1.80. The highest BCUT2D eigenvalue weighted by Crippen LogP contribution is 2.38. The standard InChI is InChI=1S/C15H18N2O2/c1-2-19-15(18)13-10-14-12(8-9-17(14)16-13)11-6-4-3-5-7-11/h3-7,10,12-13,16H,2,8-9H2,1H3. The second kappa shape index (κ2) is 5.05. The Kier molecular flexibility index (Phi) is 3.25. The summed E-state index contributed by atoms with van der Waals surface area (Å²) in [5.74, 6) is 0.185. The lowest BCUT2D eigenvalue weighted by molar-refractivity contribution is -0.144. The molecule has 0 spiro atoms. The molecular weight excluding hydrogens is 240 g/mol. The number of carbonyl (C=O) groups excluding carboxylic acids is 1. The normalized spacial score (nSPS) is 25.1. The van der Waals surface area contributed by atoms with Gasteiger partial charge in [-0.25, -0.2) is 10.2 Å². The topological polar surface area (TPSA) is 41.6 Å². The number of nitrogens with one attached hydrogen (secondary N) is 1. The van der Waals surface area contributed by atoms with Gasteiger partial charge in [-0.15, -0.1) is 0 Å². The van der Waals surface area contributed by atoms with Gasteiger partial charge in [0.25, 0.3) is 0 Å². The molecule has 0 aliphatic carbocycles. The van der Waals surface area contributed by atoms with E-state index in [-0.39, 0.29) is 12.0 Å². The molecule has 0 radical (unpaired) electrons. The molecule has 2 atom stereocenters. The molecule has 3 rings (SSSR count). The number of hydrogen-bond donors (Lipinski definition) is 1. The van der Waals surface area contributed by atoms with Gasteiger partial charge in [0.15, 0.2) is 0 Å². The van der Waals surface area contributed by atoms with Crippen LogP contribution in [0.3, 0.4) is 0 Å². The smallest absolute Gasteiger partial charge is 0.329 e. The molecule has 4 nitrogen and oxygen atoms in total. The lowest BCUT2D eigenvalue weighted by atomic mass is 9.95. The number of nitrogens with zero attached hydrogens (tertiary/aromatic N) is 1. The van der Waals surface area contributed by atoms with Crippen molar-refractivity contribution in [1.82, 2.24) is 10.4 Å². The van der Waals surface area contributed by atoms with E-state index in [9.17, 15) is 4.79 Å². The molecule has 1 aromatic rings. The van der Waals surface area contributed by atoms with Gasteiger partial charge in [0.2, 0.25) is 0 Å². The average Bonchev–Trinajstić information content (AvgIpc) is 2.99. The van der Waals surface area contributed by atoms with Gasteiger partial charge in [-0.05, 0) is 25.0 Å². The summed E-state index contributed by atoms with van der Waals surface area (Å²) in [7, 11) is 0. The first kappa shape index (κ1) is 12.2. The van der Waals surface area contributed by atoms with Crippen LogP contribution in [0.1, 0.15) is 24.8 Å². The van der Waals surface area contributed by atoms with Crippen LogP contribution in [0.15, 0.2) is 42.1 Å². The Hall–Kier alpha value is -1.81. The summed E-state index contributed by atoms with van der Waals surface area (Å²) >= 11 is 0. The zero-order valence-corrected chi connectivity index (χ0v) is 11.0. The zero-order chi connectivity index (χ0) is 13.2. The molecule has 2 aliphatic heterocycles. The summed E-state index contributed by atoms with van der Waals surface area (Å²) in [6.07, 6.45) is 3.08. The van der Waals surface area contributed by atoms with Crippen molar-refractivity contribution in [3.05, 3.63) is 47.7 Å². The summed E-state index contributed by atoms with van der Waals surface area (Å²) in [5.41, 5.74) is 5.71. The van der Waals surface area contributed by atoms with Crippen LogP contribution in [0.25, 0.3) is 0 Å². The van der Waals surface area contributed by atoms with E-state index in [0.29, 0.717) is 12.5 Å². The van der Waals surface area contributed by atoms with Crippen molar-refractivity contribution in [2.75, 3.05) is 13.2 Å². The predicted octanol–water partition coefficient (Wildman–Crippen LogP) is 1.81. The summed E-state index contributed by atoms with van der Waals surface area (Å²) in [6.45, 7) is 3.18. The van der Waals surface area contributed by atoms with Crippen LogP contribution in [-0.2, 0) is 9.53 Å². The molecule has 19 heavy (non-hydrogen) atoms. The van der Waals surface area contributed by atoms with E-state index in [4.69, 9.17) is 4.74 Å². The van der Waals surface area contributed by atoms with Gasteiger partial charge < -0.3 is 9.75 Å². The van der Waals surface area contributed by atoms with Gasteiger partial charge in [-0.1, -0.05) is 30.3 Å². The minimum absolute atomic E-state index is 0.198. The SMILES string of the molecule is CCOC(=O)C1C=C2C(c3ccccc3)CCN2N1. The Bertz CT molecular complexity index is 498. The monoisotopic (exact) mass is 258 g/mol. The second-order valence-electron chi connectivity index (χ2n) is 4.85. The maximum absolute atomic E-state index is 11.8. The fourth-order valence-corrected chi connectivity index (χ4v) is 2.82. The van der Waals surface area contributed by atoms with Gasteiger partial charge in [0, 0.05) is 18.2 Å². The Morgan fingerprint density at radius 1 is 1.42 bits per heavy atom. The molecule has 0 amide bonds. The lowest BCUT2D eigenvalue weighted by Crippen LogP contribution is -2.40. The maximum atomic E-state index is 11.8.